The van der Waals surface area contributed by atoms with E-state index in [0.29, 0.717) is 11.3 Å². The van der Waals surface area contributed by atoms with E-state index in [0.717, 1.165) is 0 Å². The summed E-state index contributed by atoms with van der Waals surface area (Å²) in [6.45, 7) is 1.23. The molecule has 1 aromatic rings. The van der Waals surface area contributed by atoms with Gasteiger partial charge in [0, 0.05) is 0 Å². The van der Waals surface area contributed by atoms with Crippen LogP contribution in [0.3, 0.4) is 0 Å². The maximum atomic E-state index is 10.8. The number of hydrogen-bond acceptors (Lipinski definition) is 4. The molecule has 0 fully saturated rings. The van der Waals surface area contributed by atoms with Gasteiger partial charge in [-0.25, -0.2) is 0 Å². The van der Waals surface area contributed by atoms with E-state index in [1.54, 1.807) is 24.3 Å². The van der Waals surface area contributed by atoms with Crippen LogP contribution in [0.5, 0.6) is 5.75 Å². The van der Waals surface area contributed by atoms with Gasteiger partial charge in [-0.3, -0.25) is 4.79 Å². The highest BCUT2D eigenvalue weighted by Gasteiger charge is 2.22. The van der Waals surface area contributed by atoms with Crippen molar-refractivity contribution < 1.29 is 19.7 Å². The lowest BCUT2D eigenvalue weighted by molar-refractivity contribution is -0.130. The van der Waals surface area contributed by atoms with E-state index in [1.165, 1.54) is 14.0 Å². The SMILES string of the molecule is COc1ccc(C(O)C(O)C(C)=O)cc1. The van der Waals surface area contributed by atoms with Gasteiger partial charge in [-0.15, -0.1) is 0 Å². The van der Waals surface area contributed by atoms with Gasteiger partial charge in [-0.1, -0.05) is 12.1 Å². The van der Waals surface area contributed by atoms with Gasteiger partial charge in [0.25, 0.3) is 0 Å². The Morgan fingerprint density at radius 2 is 1.80 bits per heavy atom. The lowest BCUT2D eigenvalue weighted by atomic mass is 10.0. The topological polar surface area (TPSA) is 66.8 Å². The fraction of sp³-hybridized carbons (Fsp3) is 0.364. The predicted molar refractivity (Wildman–Crippen MR) is 54.6 cm³/mol. The largest absolute Gasteiger partial charge is 0.497 e. The van der Waals surface area contributed by atoms with Crippen LogP contribution in [-0.2, 0) is 4.79 Å². The van der Waals surface area contributed by atoms with Crippen molar-refractivity contribution in [1.29, 1.82) is 0 Å². The minimum atomic E-state index is -1.38. The molecule has 4 heteroatoms. The molecule has 0 aliphatic rings. The van der Waals surface area contributed by atoms with Gasteiger partial charge >= 0.3 is 0 Å². The average Bonchev–Trinajstić information content (AvgIpc) is 2.27. The fourth-order valence-corrected chi connectivity index (χ4v) is 1.21. The Balaban J connectivity index is 2.82. The smallest absolute Gasteiger partial charge is 0.161 e. The first-order valence-corrected chi connectivity index (χ1v) is 4.56. The van der Waals surface area contributed by atoms with Crippen molar-refractivity contribution >= 4 is 5.78 Å². The monoisotopic (exact) mass is 210 g/mol. The molecule has 0 saturated heterocycles. The summed E-state index contributed by atoms with van der Waals surface area (Å²) in [6, 6.07) is 6.53. The maximum absolute atomic E-state index is 10.8. The first kappa shape index (κ1) is 11.7. The standard InChI is InChI=1S/C11H14O4/c1-7(12)10(13)11(14)8-3-5-9(15-2)6-4-8/h3-6,10-11,13-14H,1-2H3. The summed E-state index contributed by atoms with van der Waals surface area (Å²) in [5.74, 6) is 0.196. The molecule has 0 radical (unpaired) electrons. The zero-order valence-corrected chi connectivity index (χ0v) is 8.68. The number of aliphatic hydroxyl groups is 2. The molecule has 2 atom stereocenters. The van der Waals surface area contributed by atoms with Gasteiger partial charge in [0.2, 0.25) is 0 Å². The molecule has 1 rings (SSSR count). The highest BCUT2D eigenvalue weighted by atomic mass is 16.5. The lowest BCUT2D eigenvalue weighted by Gasteiger charge is -2.15. The Kier molecular flexibility index (Phi) is 3.82. The third-order valence-corrected chi connectivity index (χ3v) is 2.17. The van der Waals surface area contributed by atoms with Crippen LogP contribution in [0.2, 0.25) is 0 Å². The van der Waals surface area contributed by atoms with Crippen molar-refractivity contribution in [3.63, 3.8) is 0 Å². The minimum Gasteiger partial charge on any atom is -0.497 e. The van der Waals surface area contributed by atoms with Crippen molar-refractivity contribution in [3.05, 3.63) is 29.8 Å². The Bertz CT molecular complexity index is 331. The zero-order chi connectivity index (χ0) is 11.4. The molecule has 0 amide bonds. The molecule has 4 nitrogen and oxygen atoms in total. The molecule has 0 spiro atoms. The van der Waals surface area contributed by atoms with Crippen LogP contribution in [0.4, 0.5) is 0 Å². The summed E-state index contributed by atoms with van der Waals surface area (Å²) in [5.41, 5.74) is 0.485. The molecule has 0 aromatic heterocycles. The van der Waals surface area contributed by atoms with E-state index >= 15 is 0 Å². The van der Waals surface area contributed by atoms with E-state index in [1.807, 2.05) is 0 Å². The van der Waals surface area contributed by atoms with Crippen LogP contribution in [0.1, 0.15) is 18.6 Å². The molecule has 0 heterocycles. The summed E-state index contributed by atoms with van der Waals surface area (Å²) in [4.78, 5) is 10.8. The second-order valence-corrected chi connectivity index (χ2v) is 3.27. The molecule has 82 valence electrons. The Morgan fingerprint density at radius 3 is 2.20 bits per heavy atom. The number of aliphatic hydroxyl groups excluding tert-OH is 2. The number of rotatable bonds is 4. The maximum Gasteiger partial charge on any atom is 0.161 e. The molecule has 15 heavy (non-hydrogen) atoms. The van der Waals surface area contributed by atoms with Crippen LogP contribution in [-0.4, -0.2) is 29.2 Å². The number of Topliss-reactive ketones (excluding diaryl/α,β-unsaturated/α-hetero) is 1. The highest BCUT2D eigenvalue weighted by molar-refractivity contribution is 5.81. The number of ketones is 1. The molecule has 0 saturated carbocycles. The summed E-state index contributed by atoms with van der Waals surface area (Å²) in [6.07, 6.45) is -2.56. The number of methoxy groups -OCH3 is 1. The Morgan fingerprint density at radius 1 is 1.27 bits per heavy atom. The fourth-order valence-electron chi connectivity index (χ4n) is 1.21. The highest BCUT2D eigenvalue weighted by Crippen LogP contribution is 2.20. The van der Waals surface area contributed by atoms with Gasteiger partial charge in [0.15, 0.2) is 5.78 Å². The first-order valence-electron chi connectivity index (χ1n) is 4.56. The summed E-state index contributed by atoms with van der Waals surface area (Å²) < 4.78 is 4.95. The number of benzene rings is 1. The molecular weight excluding hydrogens is 196 g/mol. The zero-order valence-electron chi connectivity index (χ0n) is 8.68. The minimum absolute atomic E-state index is 0.460. The Hall–Kier alpha value is -1.39. The molecule has 2 N–H and O–H groups in total. The third-order valence-electron chi connectivity index (χ3n) is 2.17. The van der Waals surface area contributed by atoms with E-state index < -0.39 is 18.0 Å². The Labute approximate surface area is 88.1 Å². The van der Waals surface area contributed by atoms with E-state index in [-0.39, 0.29) is 0 Å². The van der Waals surface area contributed by atoms with E-state index in [4.69, 9.17) is 4.74 Å². The van der Waals surface area contributed by atoms with Crippen LogP contribution in [0.25, 0.3) is 0 Å². The summed E-state index contributed by atoms with van der Waals surface area (Å²) >= 11 is 0. The molecule has 2 unspecified atom stereocenters. The van der Waals surface area contributed by atoms with Crippen molar-refractivity contribution in [2.45, 2.75) is 19.1 Å². The predicted octanol–water partition coefficient (Wildman–Crippen LogP) is 0.678. The average molecular weight is 210 g/mol. The second-order valence-electron chi connectivity index (χ2n) is 3.27. The van der Waals surface area contributed by atoms with Crippen molar-refractivity contribution in [2.75, 3.05) is 7.11 Å². The molecule has 1 aromatic carbocycles. The van der Waals surface area contributed by atoms with Gasteiger partial charge in [-0.2, -0.15) is 0 Å². The molecule has 0 bridgehead atoms. The van der Waals surface area contributed by atoms with Crippen LogP contribution in [0.15, 0.2) is 24.3 Å². The van der Waals surface area contributed by atoms with Gasteiger partial charge in [0.1, 0.15) is 18.0 Å². The normalized spacial score (nSPS) is 14.4. The molecular formula is C11H14O4. The lowest BCUT2D eigenvalue weighted by Crippen LogP contribution is -2.25. The molecule has 0 aliphatic heterocycles. The quantitative estimate of drug-likeness (QED) is 0.766. The van der Waals surface area contributed by atoms with Crippen LogP contribution in [0, 0.1) is 0 Å². The number of carbonyl (C=O) groups excluding carboxylic acids is 1. The number of carbonyl (C=O) groups is 1. The van der Waals surface area contributed by atoms with Gasteiger partial charge in [-0.05, 0) is 24.6 Å². The second kappa shape index (κ2) is 4.91. The van der Waals surface area contributed by atoms with Gasteiger partial charge < -0.3 is 14.9 Å². The number of hydrogen-bond donors (Lipinski definition) is 2. The van der Waals surface area contributed by atoms with Crippen LogP contribution < -0.4 is 4.74 Å². The summed E-state index contributed by atoms with van der Waals surface area (Å²) in [7, 11) is 1.54. The van der Waals surface area contributed by atoms with E-state index in [2.05, 4.69) is 0 Å². The van der Waals surface area contributed by atoms with Crippen molar-refractivity contribution in [1.82, 2.24) is 0 Å². The van der Waals surface area contributed by atoms with Crippen molar-refractivity contribution in [3.8, 4) is 5.75 Å². The third kappa shape index (κ3) is 2.78. The van der Waals surface area contributed by atoms with E-state index in [9.17, 15) is 15.0 Å². The van der Waals surface area contributed by atoms with Crippen molar-refractivity contribution in [2.24, 2.45) is 0 Å². The van der Waals surface area contributed by atoms with Gasteiger partial charge in [0.05, 0.1) is 7.11 Å². The summed E-state index contributed by atoms with van der Waals surface area (Å²) in [5, 5.41) is 19.0. The first-order chi connectivity index (χ1) is 7.06. The number of ether oxygens (including phenoxy) is 1. The molecule has 0 aliphatic carbocycles. The van der Waals surface area contributed by atoms with Crippen LogP contribution >= 0.6 is 0 Å².